The molecule has 0 aliphatic carbocycles. The van der Waals surface area contributed by atoms with E-state index in [0.29, 0.717) is 18.3 Å². The third kappa shape index (κ3) is 5.23. The standard InChI is InChI=1S/C22H30N4O2/c1-16-8-10-17(11-9-16)20-18(7-5-13-28-20)14-25-22(23-2)26-15-19-6-4-12-24-21(19)27-3/h4,6,8-12,18,20H,5,7,13-15H2,1-3H3,(H2,23,25,26). The Bertz CT molecular complexity index is 776. The molecule has 1 saturated heterocycles. The Morgan fingerprint density at radius 2 is 2.07 bits per heavy atom. The van der Waals surface area contributed by atoms with Gasteiger partial charge < -0.3 is 20.1 Å². The maximum Gasteiger partial charge on any atom is 0.218 e. The van der Waals surface area contributed by atoms with Gasteiger partial charge in [-0.25, -0.2) is 4.98 Å². The SMILES string of the molecule is CN=C(NCc1cccnc1OC)NCC1CCCOC1c1ccc(C)cc1. The average molecular weight is 383 g/mol. The first-order chi connectivity index (χ1) is 13.7. The summed E-state index contributed by atoms with van der Waals surface area (Å²) in [6.45, 7) is 4.34. The number of nitrogens with one attached hydrogen (secondary N) is 2. The van der Waals surface area contributed by atoms with Gasteiger partial charge in [0.2, 0.25) is 5.88 Å². The second kappa shape index (κ2) is 10.1. The minimum Gasteiger partial charge on any atom is -0.481 e. The Balaban J connectivity index is 1.57. The molecular weight excluding hydrogens is 352 g/mol. The van der Waals surface area contributed by atoms with E-state index in [4.69, 9.17) is 9.47 Å². The summed E-state index contributed by atoms with van der Waals surface area (Å²) in [6, 6.07) is 12.6. The number of benzene rings is 1. The van der Waals surface area contributed by atoms with Crippen molar-refractivity contribution in [3.8, 4) is 5.88 Å². The third-order valence-electron chi connectivity index (χ3n) is 5.10. The minimum absolute atomic E-state index is 0.123. The molecule has 1 aromatic heterocycles. The number of rotatable bonds is 6. The monoisotopic (exact) mass is 382 g/mol. The summed E-state index contributed by atoms with van der Waals surface area (Å²) in [7, 11) is 3.41. The fraction of sp³-hybridized carbons (Fsp3) is 0.455. The topological polar surface area (TPSA) is 67.8 Å². The Morgan fingerprint density at radius 1 is 1.25 bits per heavy atom. The highest BCUT2D eigenvalue weighted by atomic mass is 16.5. The number of ether oxygens (including phenoxy) is 2. The fourth-order valence-corrected chi connectivity index (χ4v) is 3.55. The molecule has 0 bridgehead atoms. The van der Waals surface area contributed by atoms with Crippen molar-refractivity contribution in [3.05, 3.63) is 59.3 Å². The zero-order valence-electron chi connectivity index (χ0n) is 16.9. The van der Waals surface area contributed by atoms with Crippen LogP contribution in [0, 0.1) is 12.8 Å². The van der Waals surface area contributed by atoms with E-state index >= 15 is 0 Å². The molecule has 1 fully saturated rings. The molecule has 0 amide bonds. The molecule has 1 aromatic carbocycles. The van der Waals surface area contributed by atoms with E-state index in [1.165, 1.54) is 11.1 Å². The van der Waals surface area contributed by atoms with Gasteiger partial charge in [-0.3, -0.25) is 4.99 Å². The molecule has 1 aliphatic heterocycles. The summed E-state index contributed by atoms with van der Waals surface area (Å²) in [5, 5.41) is 6.80. The molecule has 2 unspecified atom stereocenters. The molecule has 150 valence electrons. The molecule has 28 heavy (non-hydrogen) atoms. The number of hydrogen-bond acceptors (Lipinski definition) is 4. The van der Waals surface area contributed by atoms with E-state index < -0.39 is 0 Å². The summed E-state index contributed by atoms with van der Waals surface area (Å²) in [5.74, 6) is 1.80. The van der Waals surface area contributed by atoms with E-state index in [1.54, 1.807) is 20.4 Å². The molecule has 6 nitrogen and oxygen atoms in total. The number of guanidine groups is 1. The molecule has 0 radical (unpaired) electrons. The van der Waals surface area contributed by atoms with Gasteiger partial charge in [-0.15, -0.1) is 0 Å². The Hall–Kier alpha value is -2.60. The van der Waals surface area contributed by atoms with Gasteiger partial charge >= 0.3 is 0 Å². The highest BCUT2D eigenvalue weighted by molar-refractivity contribution is 5.79. The number of aliphatic imine (C=N–C) groups is 1. The van der Waals surface area contributed by atoms with Gasteiger partial charge in [0.25, 0.3) is 0 Å². The van der Waals surface area contributed by atoms with E-state index in [2.05, 4.69) is 51.8 Å². The predicted molar refractivity (Wildman–Crippen MR) is 112 cm³/mol. The second-order valence-corrected chi connectivity index (χ2v) is 7.08. The summed E-state index contributed by atoms with van der Waals surface area (Å²) >= 11 is 0. The van der Waals surface area contributed by atoms with Crippen molar-refractivity contribution in [1.29, 1.82) is 0 Å². The molecule has 2 heterocycles. The number of methoxy groups -OCH3 is 1. The molecule has 0 spiro atoms. The first-order valence-corrected chi connectivity index (χ1v) is 9.82. The lowest BCUT2D eigenvalue weighted by Crippen LogP contribution is -2.41. The van der Waals surface area contributed by atoms with E-state index in [-0.39, 0.29) is 6.10 Å². The minimum atomic E-state index is 0.123. The van der Waals surface area contributed by atoms with Crippen LogP contribution in [0.15, 0.2) is 47.6 Å². The number of aryl methyl sites for hydroxylation is 1. The van der Waals surface area contributed by atoms with Crippen LogP contribution in [0.2, 0.25) is 0 Å². The van der Waals surface area contributed by atoms with Gasteiger partial charge in [-0.05, 0) is 31.4 Å². The second-order valence-electron chi connectivity index (χ2n) is 7.08. The van der Waals surface area contributed by atoms with Crippen LogP contribution in [-0.4, -0.2) is 38.3 Å². The molecular formula is C22H30N4O2. The zero-order valence-corrected chi connectivity index (χ0v) is 16.9. The van der Waals surface area contributed by atoms with Gasteiger partial charge in [0.05, 0.1) is 13.2 Å². The van der Waals surface area contributed by atoms with E-state index in [9.17, 15) is 0 Å². The number of hydrogen-bond donors (Lipinski definition) is 2. The van der Waals surface area contributed by atoms with Crippen LogP contribution in [0.3, 0.4) is 0 Å². The largest absolute Gasteiger partial charge is 0.481 e. The highest BCUT2D eigenvalue weighted by Gasteiger charge is 2.27. The molecule has 2 aromatic rings. The number of nitrogens with zero attached hydrogens (tertiary/aromatic N) is 2. The van der Waals surface area contributed by atoms with Crippen molar-refractivity contribution in [2.45, 2.75) is 32.4 Å². The van der Waals surface area contributed by atoms with Crippen LogP contribution in [-0.2, 0) is 11.3 Å². The summed E-state index contributed by atoms with van der Waals surface area (Å²) in [4.78, 5) is 8.58. The van der Waals surface area contributed by atoms with Crippen LogP contribution in [0.25, 0.3) is 0 Å². The van der Waals surface area contributed by atoms with Crippen LogP contribution in [0.1, 0.15) is 35.6 Å². The number of pyridine rings is 1. The van der Waals surface area contributed by atoms with Gasteiger partial charge in [-0.1, -0.05) is 35.9 Å². The summed E-state index contributed by atoms with van der Waals surface area (Å²) < 4.78 is 11.4. The zero-order chi connectivity index (χ0) is 19.8. The van der Waals surface area contributed by atoms with Crippen molar-refractivity contribution in [2.75, 3.05) is 27.3 Å². The normalized spacial score (nSPS) is 19.9. The Labute approximate surface area is 167 Å². The molecule has 0 saturated carbocycles. The van der Waals surface area contributed by atoms with Crippen LogP contribution in [0.4, 0.5) is 0 Å². The van der Waals surface area contributed by atoms with Gasteiger partial charge in [-0.2, -0.15) is 0 Å². The van der Waals surface area contributed by atoms with E-state index in [0.717, 1.165) is 37.5 Å². The fourth-order valence-electron chi connectivity index (χ4n) is 3.55. The molecule has 2 N–H and O–H groups in total. The maximum absolute atomic E-state index is 6.12. The van der Waals surface area contributed by atoms with Crippen LogP contribution < -0.4 is 15.4 Å². The lowest BCUT2D eigenvalue weighted by Gasteiger charge is -2.32. The smallest absolute Gasteiger partial charge is 0.218 e. The first kappa shape index (κ1) is 20.1. The predicted octanol–water partition coefficient (Wildman–Crippen LogP) is 3.23. The van der Waals surface area contributed by atoms with Crippen LogP contribution >= 0.6 is 0 Å². The van der Waals surface area contributed by atoms with Crippen molar-refractivity contribution in [3.63, 3.8) is 0 Å². The summed E-state index contributed by atoms with van der Waals surface area (Å²) in [5.41, 5.74) is 3.51. The Morgan fingerprint density at radius 3 is 2.82 bits per heavy atom. The molecule has 2 atom stereocenters. The quantitative estimate of drug-likeness (QED) is 0.593. The lowest BCUT2D eigenvalue weighted by atomic mass is 9.89. The van der Waals surface area contributed by atoms with Gasteiger partial charge in [0.15, 0.2) is 5.96 Å². The van der Waals surface area contributed by atoms with Crippen molar-refractivity contribution < 1.29 is 9.47 Å². The van der Waals surface area contributed by atoms with Crippen molar-refractivity contribution in [2.24, 2.45) is 10.9 Å². The van der Waals surface area contributed by atoms with Crippen LogP contribution in [0.5, 0.6) is 5.88 Å². The van der Waals surface area contributed by atoms with Gasteiger partial charge in [0.1, 0.15) is 0 Å². The lowest BCUT2D eigenvalue weighted by molar-refractivity contribution is -0.0265. The molecule has 1 aliphatic rings. The molecule has 6 heteroatoms. The average Bonchev–Trinajstić information content (AvgIpc) is 2.75. The highest BCUT2D eigenvalue weighted by Crippen LogP contribution is 2.33. The van der Waals surface area contributed by atoms with Crippen molar-refractivity contribution in [1.82, 2.24) is 15.6 Å². The Kier molecular flexibility index (Phi) is 7.25. The maximum atomic E-state index is 6.12. The molecule has 3 rings (SSSR count). The third-order valence-corrected chi connectivity index (χ3v) is 5.10. The van der Waals surface area contributed by atoms with E-state index in [1.807, 2.05) is 12.1 Å². The first-order valence-electron chi connectivity index (χ1n) is 9.82. The van der Waals surface area contributed by atoms with Crippen molar-refractivity contribution >= 4 is 5.96 Å². The summed E-state index contributed by atoms with van der Waals surface area (Å²) in [6.07, 6.45) is 4.08. The number of aromatic nitrogens is 1. The van der Waals surface area contributed by atoms with Gasteiger partial charge in [0, 0.05) is 44.4 Å².